The molecule has 0 unspecified atom stereocenters. The van der Waals surface area contributed by atoms with Gasteiger partial charge < -0.3 is 0 Å². The molecule has 0 bridgehead atoms. The summed E-state index contributed by atoms with van der Waals surface area (Å²) in [5, 5.41) is 0. The summed E-state index contributed by atoms with van der Waals surface area (Å²) in [5.74, 6) is -2.66. The Bertz CT molecular complexity index is 797. The minimum Gasteiger partial charge on any atom is -0.237 e. The number of benzene rings is 2. The molecule has 0 radical (unpaired) electrons. The van der Waals surface area contributed by atoms with Gasteiger partial charge in [0.05, 0.1) is 5.71 Å². The zero-order chi connectivity index (χ0) is 17.0. The third kappa shape index (κ3) is 3.71. The predicted octanol–water partition coefficient (Wildman–Crippen LogP) is 5.36. The first-order valence-electron chi connectivity index (χ1n) is 7.58. The first-order chi connectivity index (χ1) is 11.5. The Labute approximate surface area is 139 Å². The smallest absolute Gasteiger partial charge is 0.237 e. The van der Waals surface area contributed by atoms with Crippen LogP contribution in [0.2, 0.25) is 0 Å². The molecule has 0 aliphatic rings. The fourth-order valence-electron chi connectivity index (χ4n) is 2.35. The first kappa shape index (κ1) is 16.0. The molecule has 0 saturated carbocycles. The number of rotatable bonds is 4. The molecular weight excluding hydrogens is 306 g/mol. The average Bonchev–Trinajstić information content (AvgIpc) is 2.61. The summed E-state index contributed by atoms with van der Waals surface area (Å²) in [5.41, 5.74) is 2.40. The van der Waals surface area contributed by atoms with E-state index in [1.807, 2.05) is 60.7 Å². The van der Waals surface area contributed by atoms with Gasteiger partial charge in [0.1, 0.15) is 0 Å². The van der Waals surface area contributed by atoms with Crippen LogP contribution >= 0.6 is 0 Å². The van der Waals surface area contributed by atoms with Crippen LogP contribution in [-0.2, 0) is 5.92 Å². The lowest BCUT2D eigenvalue weighted by atomic mass is 10.0. The van der Waals surface area contributed by atoms with Crippen molar-refractivity contribution in [2.45, 2.75) is 12.8 Å². The monoisotopic (exact) mass is 322 g/mol. The van der Waals surface area contributed by atoms with E-state index in [0.29, 0.717) is 5.71 Å². The molecule has 0 amide bonds. The second-order valence-corrected chi connectivity index (χ2v) is 5.48. The highest BCUT2D eigenvalue weighted by atomic mass is 19.3. The van der Waals surface area contributed by atoms with Gasteiger partial charge >= 0.3 is 0 Å². The molecule has 2 nitrogen and oxygen atoms in total. The molecule has 0 saturated heterocycles. The van der Waals surface area contributed by atoms with E-state index in [0.717, 1.165) is 18.1 Å². The maximum atomic E-state index is 13.5. The molecule has 3 rings (SSSR count). The second-order valence-electron chi connectivity index (χ2n) is 5.48. The zero-order valence-electron chi connectivity index (χ0n) is 13.2. The Morgan fingerprint density at radius 2 is 1.42 bits per heavy atom. The second kappa shape index (κ2) is 6.71. The van der Waals surface area contributed by atoms with E-state index >= 15 is 0 Å². The van der Waals surface area contributed by atoms with Gasteiger partial charge in [0.15, 0.2) is 5.82 Å². The van der Waals surface area contributed by atoms with Gasteiger partial charge in [-0.05, 0) is 12.1 Å². The Morgan fingerprint density at radius 3 is 1.92 bits per heavy atom. The molecule has 0 aliphatic carbocycles. The number of halogens is 2. The highest BCUT2D eigenvalue weighted by Crippen LogP contribution is 2.29. The topological polar surface area (TPSA) is 25.2 Å². The van der Waals surface area contributed by atoms with Crippen molar-refractivity contribution in [3.8, 4) is 0 Å². The van der Waals surface area contributed by atoms with Crippen molar-refractivity contribution >= 4 is 11.5 Å². The largest absolute Gasteiger partial charge is 0.270 e. The van der Waals surface area contributed by atoms with Gasteiger partial charge in [0.25, 0.3) is 5.92 Å². The Hall–Kier alpha value is -2.88. The van der Waals surface area contributed by atoms with Crippen LogP contribution in [0.25, 0.3) is 0 Å². The maximum Gasteiger partial charge on any atom is 0.270 e. The van der Waals surface area contributed by atoms with Gasteiger partial charge in [0.2, 0.25) is 0 Å². The van der Waals surface area contributed by atoms with Crippen molar-refractivity contribution < 1.29 is 8.78 Å². The molecule has 0 N–H and O–H groups in total. The maximum absolute atomic E-state index is 13.5. The molecule has 0 atom stereocenters. The van der Waals surface area contributed by atoms with Crippen LogP contribution in [0.4, 0.5) is 14.6 Å². The Morgan fingerprint density at radius 1 is 0.875 bits per heavy atom. The standard InChI is InChI=1S/C20H16F2N2/c1-20(21,22)17-12-13-23-18(14-17)24-19(15-8-4-2-5-9-15)16-10-6-3-7-11-16/h2-14H,1H3. The van der Waals surface area contributed by atoms with Crippen LogP contribution < -0.4 is 0 Å². The predicted molar refractivity (Wildman–Crippen MR) is 92.0 cm³/mol. The summed E-state index contributed by atoms with van der Waals surface area (Å²) in [6.45, 7) is 0.866. The molecule has 3 aromatic rings. The number of alkyl halides is 2. The zero-order valence-corrected chi connectivity index (χ0v) is 13.2. The summed E-state index contributed by atoms with van der Waals surface area (Å²) in [4.78, 5) is 8.67. The summed E-state index contributed by atoms with van der Waals surface area (Å²) in [7, 11) is 0. The van der Waals surface area contributed by atoms with Gasteiger partial charge in [0, 0.05) is 29.8 Å². The van der Waals surface area contributed by atoms with E-state index in [4.69, 9.17) is 0 Å². The lowest BCUT2D eigenvalue weighted by Gasteiger charge is -2.11. The van der Waals surface area contributed by atoms with E-state index < -0.39 is 5.92 Å². The summed E-state index contributed by atoms with van der Waals surface area (Å²) < 4.78 is 27.1. The highest BCUT2D eigenvalue weighted by Gasteiger charge is 2.24. The van der Waals surface area contributed by atoms with Gasteiger partial charge in [-0.25, -0.2) is 18.8 Å². The molecule has 120 valence electrons. The van der Waals surface area contributed by atoms with Crippen LogP contribution in [0.1, 0.15) is 23.6 Å². The van der Waals surface area contributed by atoms with E-state index in [-0.39, 0.29) is 11.4 Å². The molecule has 2 aromatic carbocycles. The molecule has 0 spiro atoms. The van der Waals surface area contributed by atoms with E-state index in [2.05, 4.69) is 9.98 Å². The summed E-state index contributed by atoms with van der Waals surface area (Å²) >= 11 is 0. The van der Waals surface area contributed by atoms with E-state index in [1.54, 1.807) is 0 Å². The third-order valence-electron chi connectivity index (χ3n) is 3.57. The van der Waals surface area contributed by atoms with Gasteiger partial charge in [-0.3, -0.25) is 0 Å². The lowest BCUT2D eigenvalue weighted by molar-refractivity contribution is 0.0174. The van der Waals surface area contributed by atoms with Crippen LogP contribution in [0.15, 0.2) is 84.0 Å². The van der Waals surface area contributed by atoms with Crippen molar-refractivity contribution in [3.05, 3.63) is 95.7 Å². The minimum atomic E-state index is -2.92. The van der Waals surface area contributed by atoms with Crippen molar-refractivity contribution in [1.82, 2.24) is 4.98 Å². The third-order valence-corrected chi connectivity index (χ3v) is 3.57. The molecule has 0 fully saturated rings. The molecular formula is C20H16F2N2. The van der Waals surface area contributed by atoms with E-state index in [9.17, 15) is 8.78 Å². The number of hydrogen-bond donors (Lipinski definition) is 0. The molecule has 0 aliphatic heterocycles. The van der Waals surface area contributed by atoms with E-state index in [1.165, 1.54) is 18.3 Å². The first-order valence-corrected chi connectivity index (χ1v) is 7.58. The molecule has 1 heterocycles. The molecule has 4 heteroatoms. The number of aliphatic imine (C=N–C) groups is 1. The highest BCUT2D eigenvalue weighted by molar-refractivity contribution is 6.13. The summed E-state index contributed by atoms with van der Waals surface area (Å²) in [6.07, 6.45) is 1.36. The normalized spacial score (nSPS) is 11.1. The Kier molecular flexibility index (Phi) is 4.47. The average molecular weight is 322 g/mol. The number of pyridine rings is 1. The van der Waals surface area contributed by atoms with Gasteiger partial charge in [-0.2, -0.15) is 0 Å². The number of nitrogens with zero attached hydrogens (tertiary/aromatic N) is 2. The number of aromatic nitrogens is 1. The van der Waals surface area contributed by atoms with Crippen molar-refractivity contribution in [2.75, 3.05) is 0 Å². The summed E-state index contributed by atoms with van der Waals surface area (Å²) in [6, 6.07) is 21.9. The fraction of sp³-hybridized carbons (Fsp3) is 0.100. The van der Waals surface area contributed by atoms with Crippen LogP contribution in [0.3, 0.4) is 0 Å². The van der Waals surface area contributed by atoms with Crippen molar-refractivity contribution in [1.29, 1.82) is 0 Å². The number of hydrogen-bond acceptors (Lipinski definition) is 2. The van der Waals surface area contributed by atoms with Crippen LogP contribution in [0, 0.1) is 0 Å². The van der Waals surface area contributed by atoms with Crippen molar-refractivity contribution in [3.63, 3.8) is 0 Å². The van der Waals surface area contributed by atoms with Gasteiger partial charge in [-0.1, -0.05) is 60.7 Å². The molecule has 1 aromatic heterocycles. The quantitative estimate of drug-likeness (QED) is 0.593. The van der Waals surface area contributed by atoms with Crippen LogP contribution in [0.5, 0.6) is 0 Å². The Balaban J connectivity index is 2.11. The van der Waals surface area contributed by atoms with Crippen molar-refractivity contribution in [2.24, 2.45) is 4.99 Å². The molecule has 24 heavy (non-hydrogen) atoms. The van der Waals surface area contributed by atoms with Crippen LogP contribution in [-0.4, -0.2) is 10.7 Å². The lowest BCUT2D eigenvalue weighted by Crippen LogP contribution is -2.07. The minimum absolute atomic E-state index is 0.100. The fourth-order valence-corrected chi connectivity index (χ4v) is 2.35. The SMILES string of the molecule is CC(F)(F)c1ccnc(N=C(c2ccccc2)c2ccccc2)c1. The van der Waals surface area contributed by atoms with Gasteiger partial charge in [-0.15, -0.1) is 0 Å².